The number of aromatic nitrogens is 7. The van der Waals surface area contributed by atoms with Crippen molar-refractivity contribution in [2.75, 3.05) is 0 Å². The molecular weight excluding hydrogens is 1230 g/mol. The molecular formula is C94H59N7. The highest BCUT2D eigenvalue weighted by atomic mass is 15.2. The topological polar surface area (TPSA) is 50.4 Å². The fourth-order valence-corrected chi connectivity index (χ4v) is 16.3. The molecule has 7 heteroatoms. The van der Waals surface area contributed by atoms with E-state index in [4.69, 9.17) is 9.97 Å². The lowest BCUT2D eigenvalue weighted by atomic mass is 9.98. The molecule has 0 saturated carbocycles. The van der Waals surface area contributed by atoms with Crippen LogP contribution in [0.1, 0.15) is 0 Å². The van der Waals surface area contributed by atoms with Crippen LogP contribution >= 0.6 is 0 Å². The quantitative estimate of drug-likeness (QED) is 0.137. The fraction of sp³-hybridized carbons (Fsp3) is 0. The summed E-state index contributed by atoms with van der Waals surface area (Å²) in [7, 11) is 0. The maximum Gasteiger partial charge on any atom is 0.235 e. The van der Waals surface area contributed by atoms with E-state index in [0.717, 1.165) is 111 Å². The van der Waals surface area contributed by atoms with Gasteiger partial charge in [0.25, 0.3) is 0 Å². The van der Waals surface area contributed by atoms with E-state index in [1.165, 1.54) is 76.2 Å². The van der Waals surface area contributed by atoms with Crippen LogP contribution in [0, 0.1) is 0 Å². The minimum Gasteiger partial charge on any atom is -0.309 e. The van der Waals surface area contributed by atoms with Crippen LogP contribution in [0.2, 0.25) is 0 Å². The second-order valence-corrected chi connectivity index (χ2v) is 26.5. The van der Waals surface area contributed by atoms with E-state index in [9.17, 15) is 0 Å². The minimum atomic E-state index is 0.600. The van der Waals surface area contributed by atoms with Crippen molar-refractivity contribution in [3.63, 3.8) is 0 Å². The Labute approximate surface area is 580 Å². The summed E-state index contributed by atoms with van der Waals surface area (Å²) in [5.74, 6) is 0.600. The number of rotatable bonds is 10. The van der Waals surface area contributed by atoms with Crippen molar-refractivity contribution in [3.05, 3.63) is 358 Å². The average Bonchev–Trinajstić information content (AvgIpc) is 1.61. The second kappa shape index (κ2) is 22.5. The predicted molar refractivity (Wildman–Crippen MR) is 421 cm³/mol. The van der Waals surface area contributed by atoms with E-state index < -0.39 is 0 Å². The zero-order valence-electron chi connectivity index (χ0n) is 54.7. The molecule has 0 bridgehead atoms. The van der Waals surface area contributed by atoms with Gasteiger partial charge in [0.1, 0.15) is 0 Å². The van der Waals surface area contributed by atoms with E-state index >= 15 is 0 Å². The molecule has 0 aliphatic carbocycles. The van der Waals surface area contributed by atoms with Gasteiger partial charge < -0.3 is 18.3 Å². The summed E-state index contributed by atoms with van der Waals surface area (Å²) in [5, 5.41) is 11.9. The summed E-state index contributed by atoms with van der Waals surface area (Å²) in [6.07, 6.45) is 0. The van der Waals surface area contributed by atoms with E-state index in [0.29, 0.717) is 5.95 Å². The third-order valence-corrected chi connectivity index (χ3v) is 20.9. The lowest BCUT2D eigenvalue weighted by molar-refractivity contribution is 0.995. The van der Waals surface area contributed by atoms with Crippen LogP contribution in [0.15, 0.2) is 358 Å². The molecule has 21 rings (SSSR count). The van der Waals surface area contributed by atoms with Crippen molar-refractivity contribution in [2.24, 2.45) is 0 Å². The molecule has 0 unspecified atom stereocenters. The van der Waals surface area contributed by atoms with Gasteiger partial charge in [-0.15, -0.1) is 0 Å². The predicted octanol–water partition coefficient (Wildman–Crippen LogP) is 24.3. The smallest absolute Gasteiger partial charge is 0.235 e. The Morgan fingerprint density at radius 3 is 0.752 bits per heavy atom. The van der Waals surface area contributed by atoms with Crippen molar-refractivity contribution < 1.29 is 0 Å². The van der Waals surface area contributed by atoms with Gasteiger partial charge in [0.05, 0.1) is 66.6 Å². The summed E-state index contributed by atoms with van der Waals surface area (Å²) >= 11 is 0. The second-order valence-electron chi connectivity index (χ2n) is 26.5. The van der Waals surface area contributed by atoms with E-state index in [-0.39, 0.29) is 0 Å². The number of hydrogen-bond donors (Lipinski definition) is 0. The van der Waals surface area contributed by atoms with Crippen LogP contribution < -0.4 is 0 Å². The van der Waals surface area contributed by atoms with Crippen LogP contribution in [0.5, 0.6) is 0 Å². The summed E-state index contributed by atoms with van der Waals surface area (Å²) in [6, 6.07) is 130. The first kappa shape index (κ1) is 56.5. The highest BCUT2D eigenvalue weighted by molar-refractivity contribution is 6.16. The Hall–Kier alpha value is -13.6. The zero-order valence-corrected chi connectivity index (χ0v) is 54.7. The third kappa shape index (κ3) is 8.93. The number of para-hydroxylation sites is 7. The van der Waals surface area contributed by atoms with Crippen LogP contribution in [-0.4, -0.2) is 32.8 Å². The molecule has 101 heavy (non-hydrogen) atoms. The Morgan fingerprint density at radius 2 is 0.396 bits per heavy atom. The van der Waals surface area contributed by atoms with Gasteiger partial charge in [0.15, 0.2) is 0 Å². The van der Waals surface area contributed by atoms with Crippen molar-refractivity contribution in [1.82, 2.24) is 32.8 Å². The molecule has 0 aliphatic rings. The molecule has 21 aromatic rings. The van der Waals surface area contributed by atoms with Crippen LogP contribution in [0.25, 0.3) is 194 Å². The lowest BCUT2D eigenvalue weighted by Crippen LogP contribution is -2.04. The van der Waals surface area contributed by atoms with Gasteiger partial charge in [-0.2, -0.15) is 0 Å². The summed E-state index contributed by atoms with van der Waals surface area (Å²) in [4.78, 5) is 11.1. The standard InChI is InChI=1S/C94H59N7/c1-5-22-60(23-6-1)82-59-83(96-94(95-82)101-87-39-20-16-35-75(87)79-56-64(45-51-93(79)101)61-40-46-88-76(53-61)72-32-13-17-36-84(72)97(88)68-25-7-2-8-26-68)67-24-21-31-71(52-67)100-91-49-43-65(62-41-47-89-77(54-62)73-33-14-18-37-85(73)98(89)69-27-9-3-10-28-69)57-80(91)81-58-66(44-50-92(81)100)63-42-48-90-78(55-63)74-34-15-19-38-86(74)99(90)70-29-11-4-12-30-70/h1-59H. The van der Waals surface area contributed by atoms with E-state index in [1.807, 2.05) is 0 Å². The lowest BCUT2D eigenvalue weighted by Gasteiger charge is -2.14. The van der Waals surface area contributed by atoms with Crippen molar-refractivity contribution in [1.29, 1.82) is 0 Å². The Bertz CT molecular complexity index is 6710. The maximum absolute atomic E-state index is 5.64. The first-order valence-electron chi connectivity index (χ1n) is 34.5. The molecule has 0 saturated heterocycles. The molecule has 7 nitrogen and oxygen atoms in total. The first-order chi connectivity index (χ1) is 50.1. The molecule has 0 fully saturated rings. The first-order valence-corrected chi connectivity index (χ1v) is 34.5. The van der Waals surface area contributed by atoms with E-state index in [2.05, 4.69) is 381 Å². The van der Waals surface area contributed by atoms with E-state index in [1.54, 1.807) is 0 Å². The van der Waals surface area contributed by atoms with Gasteiger partial charge in [-0.1, -0.05) is 206 Å². The number of nitrogens with zero attached hydrogens (tertiary/aromatic N) is 7. The molecule has 0 radical (unpaired) electrons. The SMILES string of the molecule is c1ccc(-c2cc(-c3cccc(-n4c5ccc(-c6ccc7c(c6)c6ccccc6n7-c6ccccc6)cc5c5cc(-c6ccc7c(c6)c6ccccc6n7-c6ccccc6)ccc54)c3)nc(-n3c4ccccc4c4cc(-c5ccc6c(c5)c5ccccc5n6-c5ccccc5)ccc43)n2)cc1. The van der Waals surface area contributed by atoms with Gasteiger partial charge in [-0.05, 0) is 185 Å². The highest BCUT2D eigenvalue weighted by Crippen LogP contribution is 2.44. The normalized spacial score (nSPS) is 12.0. The van der Waals surface area contributed by atoms with Gasteiger partial charge in [-0.3, -0.25) is 4.57 Å². The fourth-order valence-electron chi connectivity index (χ4n) is 16.3. The molecule has 6 aromatic heterocycles. The van der Waals surface area contributed by atoms with Crippen molar-refractivity contribution in [3.8, 4) is 84.6 Å². The molecule has 0 amide bonds. The summed E-state index contributed by atoms with van der Waals surface area (Å²) < 4.78 is 11.8. The maximum atomic E-state index is 5.64. The Kier molecular flexibility index (Phi) is 12.6. The molecule has 15 aromatic carbocycles. The van der Waals surface area contributed by atoms with Crippen molar-refractivity contribution >= 4 is 109 Å². The molecule has 0 atom stereocenters. The Balaban J connectivity index is 0.722. The minimum absolute atomic E-state index is 0.600. The van der Waals surface area contributed by atoms with Gasteiger partial charge >= 0.3 is 0 Å². The highest BCUT2D eigenvalue weighted by Gasteiger charge is 2.23. The molecule has 470 valence electrons. The van der Waals surface area contributed by atoms with Gasteiger partial charge in [0, 0.05) is 87.7 Å². The number of hydrogen-bond acceptors (Lipinski definition) is 2. The molecule has 0 spiro atoms. The molecule has 6 heterocycles. The van der Waals surface area contributed by atoms with Crippen molar-refractivity contribution in [2.45, 2.75) is 0 Å². The average molecular weight is 1290 g/mol. The Morgan fingerprint density at radius 1 is 0.149 bits per heavy atom. The number of benzene rings is 15. The number of fused-ring (bicyclic) bond motifs is 15. The van der Waals surface area contributed by atoms with Crippen LogP contribution in [0.4, 0.5) is 0 Å². The van der Waals surface area contributed by atoms with Crippen LogP contribution in [0.3, 0.4) is 0 Å². The molecule has 0 N–H and O–H groups in total. The largest absolute Gasteiger partial charge is 0.309 e. The van der Waals surface area contributed by atoms with Gasteiger partial charge in [-0.25, -0.2) is 9.97 Å². The van der Waals surface area contributed by atoms with Gasteiger partial charge in [0.2, 0.25) is 5.95 Å². The zero-order chi connectivity index (χ0) is 66.2. The summed E-state index contributed by atoms with van der Waals surface area (Å²) in [6.45, 7) is 0. The summed E-state index contributed by atoms with van der Waals surface area (Å²) in [5.41, 5.74) is 26.4. The molecule has 0 aliphatic heterocycles. The monoisotopic (exact) mass is 1290 g/mol. The van der Waals surface area contributed by atoms with Crippen LogP contribution in [-0.2, 0) is 0 Å². The third-order valence-electron chi connectivity index (χ3n) is 20.9.